The zero-order valence-electron chi connectivity index (χ0n) is 16.2. The van der Waals surface area contributed by atoms with Gasteiger partial charge in [-0.15, -0.1) is 0 Å². The summed E-state index contributed by atoms with van der Waals surface area (Å²) in [6.45, 7) is 0. The number of benzene rings is 2. The fourth-order valence-corrected chi connectivity index (χ4v) is 5.23. The molecular formula is C24H18CuN2O4. The van der Waals surface area contributed by atoms with Gasteiger partial charge in [-0.2, -0.15) is 0 Å². The van der Waals surface area contributed by atoms with Crippen molar-refractivity contribution in [3.05, 3.63) is 108 Å². The summed E-state index contributed by atoms with van der Waals surface area (Å²) in [6.07, 6.45) is 4.69. The average Bonchev–Trinajstić information content (AvgIpc) is 2.85. The average molecular weight is 462 g/mol. The van der Waals surface area contributed by atoms with Crippen molar-refractivity contribution in [3.8, 4) is 11.5 Å². The summed E-state index contributed by atoms with van der Waals surface area (Å²) in [5, 5.41) is 0. The molecule has 31 heavy (non-hydrogen) atoms. The SMILES string of the molecule is O=Cc1ccccc1[O][Cu]([O]c1ccccc1C=O)([c]1ccccn1)[c]1ccccn1. The van der Waals surface area contributed by atoms with E-state index in [2.05, 4.69) is 9.97 Å². The van der Waals surface area contributed by atoms with Gasteiger partial charge in [-0.05, 0) is 0 Å². The van der Waals surface area contributed by atoms with Crippen LogP contribution in [0.1, 0.15) is 20.7 Å². The normalized spacial score (nSPS) is 11.4. The van der Waals surface area contributed by atoms with Crippen LogP contribution in [-0.4, -0.2) is 22.5 Å². The maximum absolute atomic E-state index is 11.7. The van der Waals surface area contributed by atoms with Crippen LogP contribution in [-0.2, 0) is 13.5 Å². The van der Waals surface area contributed by atoms with Crippen molar-refractivity contribution < 1.29 is 30.7 Å². The van der Waals surface area contributed by atoms with Gasteiger partial charge < -0.3 is 0 Å². The molecule has 2 heterocycles. The van der Waals surface area contributed by atoms with Gasteiger partial charge in [0.2, 0.25) is 0 Å². The third kappa shape index (κ3) is 4.23. The number of carbonyl (C=O) groups excluding carboxylic acids is 2. The van der Waals surface area contributed by atoms with Crippen LogP contribution in [0, 0.1) is 0 Å². The van der Waals surface area contributed by atoms with Crippen molar-refractivity contribution in [1.29, 1.82) is 0 Å². The van der Waals surface area contributed by atoms with Crippen molar-refractivity contribution in [3.63, 3.8) is 0 Å². The van der Waals surface area contributed by atoms with E-state index in [1.54, 1.807) is 85.2 Å². The molecule has 2 aromatic carbocycles. The first-order valence-electron chi connectivity index (χ1n) is 9.20. The number of para-hydroxylation sites is 2. The first-order chi connectivity index (χ1) is 15.3. The van der Waals surface area contributed by atoms with E-state index in [-0.39, 0.29) is 0 Å². The number of nitrogens with zero attached hydrogens (tertiary/aromatic N) is 2. The van der Waals surface area contributed by atoms with Gasteiger partial charge in [-0.3, -0.25) is 0 Å². The van der Waals surface area contributed by atoms with Gasteiger partial charge in [0.1, 0.15) is 0 Å². The summed E-state index contributed by atoms with van der Waals surface area (Å²) in [4.78, 5) is 32.3. The van der Waals surface area contributed by atoms with Gasteiger partial charge in [-0.25, -0.2) is 0 Å². The Labute approximate surface area is 182 Å². The second-order valence-electron chi connectivity index (χ2n) is 6.03. The van der Waals surface area contributed by atoms with Crippen LogP contribution in [0.3, 0.4) is 0 Å². The monoisotopic (exact) mass is 461 g/mol. The van der Waals surface area contributed by atoms with E-state index in [0.717, 1.165) is 12.6 Å². The molecule has 0 saturated heterocycles. The Balaban J connectivity index is 1.97. The van der Waals surface area contributed by atoms with Gasteiger partial charge in [0, 0.05) is 0 Å². The molecule has 0 unspecified atom stereocenters. The predicted molar refractivity (Wildman–Crippen MR) is 113 cm³/mol. The van der Waals surface area contributed by atoms with E-state index in [4.69, 9.17) is 7.64 Å². The summed E-state index contributed by atoms with van der Waals surface area (Å²) in [5.74, 6) is 0.648. The number of aldehydes is 2. The molecule has 0 spiro atoms. The Bertz CT molecular complexity index is 1090. The van der Waals surface area contributed by atoms with E-state index in [1.807, 2.05) is 12.1 Å². The second kappa shape index (κ2) is 9.34. The number of rotatable bonds is 8. The number of carbonyl (C=O) groups is 2. The standard InChI is InChI=1S/2C7H6O2.2C5H4N.Cu/c2*8-5-6-3-1-2-4-7(6)9;2*1-2-4-6-5-3-1;/h2*1-5,9H;2*1-4H;/q;;;;+2/p-2. The Morgan fingerprint density at radius 3 is 1.39 bits per heavy atom. The fraction of sp³-hybridized carbons (Fsp3) is 0. The first kappa shape index (κ1) is 20.5. The van der Waals surface area contributed by atoms with Crippen molar-refractivity contribution in [2.24, 2.45) is 0 Å². The molecule has 0 radical (unpaired) electrons. The second-order valence-corrected chi connectivity index (χ2v) is 8.54. The van der Waals surface area contributed by atoms with Crippen LogP contribution in [0.5, 0.6) is 11.5 Å². The summed E-state index contributed by atoms with van der Waals surface area (Å²) in [7, 11) is 0. The van der Waals surface area contributed by atoms with Gasteiger partial charge in [0.25, 0.3) is 0 Å². The van der Waals surface area contributed by atoms with Crippen LogP contribution < -0.4 is 16.8 Å². The van der Waals surface area contributed by atoms with Gasteiger partial charge in [-0.1, -0.05) is 0 Å². The first-order valence-corrected chi connectivity index (χ1v) is 10.9. The topological polar surface area (TPSA) is 78.4 Å². The quantitative estimate of drug-likeness (QED) is 0.296. The number of hydrogen-bond acceptors (Lipinski definition) is 6. The Morgan fingerprint density at radius 1 is 0.581 bits per heavy atom. The van der Waals surface area contributed by atoms with Crippen molar-refractivity contribution in [1.82, 2.24) is 9.97 Å². The van der Waals surface area contributed by atoms with E-state index in [0.29, 0.717) is 31.8 Å². The molecule has 0 saturated carbocycles. The molecule has 0 bridgehead atoms. The van der Waals surface area contributed by atoms with Crippen LogP contribution in [0.2, 0.25) is 0 Å². The fourth-order valence-electron chi connectivity index (χ4n) is 2.56. The minimum atomic E-state index is -2.79. The maximum atomic E-state index is 11.7. The summed E-state index contributed by atoms with van der Waals surface area (Å²) >= 11 is -2.79. The molecule has 0 aliphatic carbocycles. The van der Waals surface area contributed by atoms with Gasteiger partial charge in [0.15, 0.2) is 0 Å². The molecule has 6 nitrogen and oxygen atoms in total. The molecule has 0 aliphatic rings. The van der Waals surface area contributed by atoms with E-state index < -0.39 is 13.5 Å². The molecule has 0 amide bonds. The molecule has 0 atom stereocenters. The molecule has 159 valence electrons. The Kier molecular flexibility index (Phi) is 6.17. The van der Waals surface area contributed by atoms with E-state index in [1.165, 1.54) is 0 Å². The molecule has 0 aliphatic heterocycles. The van der Waals surface area contributed by atoms with Gasteiger partial charge >= 0.3 is 182 Å². The number of pyridine rings is 2. The molecule has 2 aromatic heterocycles. The zero-order valence-corrected chi connectivity index (χ0v) is 17.2. The zero-order chi connectivity index (χ0) is 21.5. The number of aromatic nitrogens is 2. The van der Waals surface area contributed by atoms with Crippen LogP contribution in [0.15, 0.2) is 97.3 Å². The molecule has 4 rings (SSSR count). The van der Waals surface area contributed by atoms with E-state index in [9.17, 15) is 9.59 Å². The predicted octanol–water partition coefficient (Wildman–Crippen LogP) is 3.19. The van der Waals surface area contributed by atoms with Crippen LogP contribution >= 0.6 is 0 Å². The van der Waals surface area contributed by atoms with Crippen molar-refractivity contribution in [2.45, 2.75) is 0 Å². The molecule has 0 fully saturated rings. The Hall–Kier alpha value is -3.80. The van der Waals surface area contributed by atoms with Crippen LogP contribution in [0.25, 0.3) is 0 Å². The molecule has 4 aromatic rings. The minimum absolute atomic E-state index is 0.324. The summed E-state index contributed by atoms with van der Waals surface area (Å²) in [5.41, 5.74) is 0.717. The van der Waals surface area contributed by atoms with Crippen LogP contribution in [0.4, 0.5) is 0 Å². The molecule has 7 heteroatoms. The molecule has 0 N–H and O–H groups in total. The number of hydrogen-bond donors (Lipinski definition) is 0. The van der Waals surface area contributed by atoms with E-state index >= 15 is 0 Å². The third-order valence-electron chi connectivity index (χ3n) is 4.02. The third-order valence-corrected chi connectivity index (χ3v) is 6.80. The summed E-state index contributed by atoms with van der Waals surface area (Å²) in [6, 6.07) is 24.4. The summed E-state index contributed by atoms with van der Waals surface area (Å²) < 4.78 is 13.9. The molecular weight excluding hydrogens is 444 g/mol. The van der Waals surface area contributed by atoms with Crippen molar-refractivity contribution >= 4 is 21.8 Å². The van der Waals surface area contributed by atoms with Crippen molar-refractivity contribution in [2.75, 3.05) is 0 Å². The Morgan fingerprint density at radius 2 is 1.00 bits per heavy atom. The van der Waals surface area contributed by atoms with Gasteiger partial charge in [0.05, 0.1) is 0 Å².